The van der Waals surface area contributed by atoms with Crippen LogP contribution in [0.5, 0.6) is 34.5 Å². The highest BCUT2D eigenvalue weighted by Gasteiger charge is 2.46. The molecule has 264 valence electrons. The van der Waals surface area contributed by atoms with Gasteiger partial charge in [-0.25, -0.2) is 0 Å². The fourth-order valence-corrected chi connectivity index (χ4v) is 9.37. The van der Waals surface area contributed by atoms with Gasteiger partial charge in [-0.1, -0.05) is 6.42 Å². The number of ether oxygens (including phenoxy) is 4. The Morgan fingerprint density at radius 3 is 1.70 bits per heavy atom. The van der Waals surface area contributed by atoms with E-state index in [-0.39, 0.29) is 88.5 Å². The second-order valence-corrected chi connectivity index (χ2v) is 14.9. The first kappa shape index (κ1) is 35.2. The van der Waals surface area contributed by atoms with Gasteiger partial charge in [0.15, 0.2) is 28.4 Å². The molecule has 0 aliphatic heterocycles. The van der Waals surface area contributed by atoms with Gasteiger partial charge in [-0.15, -0.1) is 11.8 Å². The molecule has 3 N–H and O–H groups in total. The van der Waals surface area contributed by atoms with E-state index in [2.05, 4.69) is 0 Å². The summed E-state index contributed by atoms with van der Waals surface area (Å²) < 4.78 is 54.5. The molecule has 2 atom stereocenters. The Morgan fingerprint density at radius 2 is 1.22 bits per heavy atom. The third-order valence-electron chi connectivity index (χ3n) is 9.51. The lowest BCUT2D eigenvalue weighted by Gasteiger charge is -2.35. The first-order chi connectivity index (χ1) is 23.7. The lowest BCUT2D eigenvalue weighted by molar-refractivity contribution is -0.125. The lowest BCUT2D eigenvalue weighted by atomic mass is 9.67. The predicted octanol–water partition coefficient (Wildman–Crippen LogP) is 4.85. The third-order valence-corrected chi connectivity index (χ3v) is 11.5. The number of fused-ring (bicyclic) bond motifs is 1. The maximum Gasteiger partial charge on any atom is 0.264 e. The summed E-state index contributed by atoms with van der Waals surface area (Å²) >= 11 is 1.11. The minimum Gasteiger partial charge on any atom is -0.504 e. The monoisotopic (exact) mass is 726 g/mol. The van der Waals surface area contributed by atoms with Crippen molar-refractivity contribution in [1.82, 2.24) is 0 Å². The molecule has 0 heterocycles. The van der Waals surface area contributed by atoms with Crippen LogP contribution in [0.1, 0.15) is 56.1 Å². The number of ketones is 2. The molecule has 1 aliphatic carbocycles. The Hall–Kier alpha value is -4.60. The van der Waals surface area contributed by atoms with Crippen molar-refractivity contribution in [3.05, 3.63) is 37.6 Å². The van der Waals surface area contributed by atoms with Gasteiger partial charge in [0.05, 0.1) is 61.7 Å². The van der Waals surface area contributed by atoms with Crippen molar-refractivity contribution in [2.45, 2.75) is 49.8 Å². The minimum atomic E-state index is -4.12. The van der Waals surface area contributed by atoms with Crippen molar-refractivity contribution < 1.29 is 51.7 Å². The van der Waals surface area contributed by atoms with Crippen LogP contribution in [0, 0.1) is 0 Å². The number of rotatable bonds is 13. The number of phenols is 2. The van der Waals surface area contributed by atoms with Gasteiger partial charge in [-0.3, -0.25) is 23.7 Å². The molecule has 0 spiro atoms. The Bertz CT molecular complexity index is 2490. The largest absolute Gasteiger partial charge is 0.504 e. The van der Waals surface area contributed by atoms with Gasteiger partial charge in [0.25, 0.3) is 10.1 Å². The number of hydrogen-bond donors (Lipinski definition) is 3. The number of thioether (sulfide) groups is 1. The van der Waals surface area contributed by atoms with Crippen LogP contribution in [0.2, 0.25) is 0 Å². The highest BCUT2D eigenvalue weighted by molar-refractivity contribution is 7.99. The zero-order valence-electron chi connectivity index (χ0n) is 28.0. The van der Waals surface area contributed by atoms with Crippen LogP contribution in [-0.2, 0) is 19.7 Å². The molecule has 0 radical (unpaired) electrons. The van der Waals surface area contributed by atoms with Crippen LogP contribution in [-0.4, -0.2) is 74.7 Å². The average molecular weight is 727 g/mol. The zero-order valence-corrected chi connectivity index (χ0v) is 29.6. The maximum atomic E-state index is 14.5. The number of carbonyl (C=O) groups is 2. The van der Waals surface area contributed by atoms with E-state index in [1.807, 2.05) is 0 Å². The van der Waals surface area contributed by atoms with Gasteiger partial charge in [0.2, 0.25) is 5.43 Å². The molecule has 0 aromatic heterocycles. The van der Waals surface area contributed by atoms with Gasteiger partial charge in [0.1, 0.15) is 23.1 Å². The number of aromatic hydroxyl groups is 2. The predicted molar refractivity (Wildman–Crippen MR) is 189 cm³/mol. The van der Waals surface area contributed by atoms with Crippen LogP contribution >= 0.6 is 11.8 Å². The van der Waals surface area contributed by atoms with Crippen molar-refractivity contribution in [2.75, 3.05) is 39.9 Å². The van der Waals surface area contributed by atoms with Crippen molar-refractivity contribution >= 4 is 76.5 Å². The van der Waals surface area contributed by atoms with E-state index >= 15 is 0 Å². The Kier molecular flexibility index (Phi) is 8.89. The van der Waals surface area contributed by atoms with Crippen molar-refractivity contribution in [3.8, 4) is 34.5 Å². The van der Waals surface area contributed by atoms with Gasteiger partial charge in [0, 0.05) is 38.7 Å². The molecule has 0 amide bonds. The molecule has 5 aromatic carbocycles. The zero-order chi connectivity index (χ0) is 36.6. The molecule has 6 rings (SSSR count). The van der Waals surface area contributed by atoms with E-state index in [4.69, 9.17) is 23.5 Å². The van der Waals surface area contributed by atoms with Crippen molar-refractivity contribution in [2.24, 2.45) is 0 Å². The van der Waals surface area contributed by atoms with E-state index < -0.39 is 61.6 Å². The van der Waals surface area contributed by atoms with E-state index in [9.17, 15) is 37.8 Å². The SMILES string of the molecule is COc1c(O)c2c(=O)cc(OC)c3c4c(OC)c(SCCCCCS(=O)(=O)O)c(=O)c5c(O)c(OC)c6c(c(c1C(C(C)=O)C6C(C)=O)c23)c54. The Balaban J connectivity index is 1.89. The number of phenolic OH excluding ortho intramolecular Hbond substituents is 2. The van der Waals surface area contributed by atoms with Gasteiger partial charge in [-0.2, -0.15) is 8.42 Å². The molecule has 15 heteroatoms. The fraction of sp³-hybridized carbons (Fsp3) is 0.371. The summed E-state index contributed by atoms with van der Waals surface area (Å²) in [5.74, 6) is -4.87. The molecule has 0 saturated heterocycles. The highest BCUT2D eigenvalue weighted by atomic mass is 32.2. The smallest absolute Gasteiger partial charge is 0.264 e. The molecule has 50 heavy (non-hydrogen) atoms. The van der Waals surface area contributed by atoms with Gasteiger partial charge < -0.3 is 29.2 Å². The molecule has 0 bridgehead atoms. The standard InChI is InChI=1S/C35H34O13S2/c1-13(36)17-18(14(2)37)26-23-22-21-19(29(39)32(46-4)25(17)22)15(38)12-16(45-3)20(21)27-24(23)28(30(40)33(26)47-5)31(41)35(34(27)48-6)49-10-8-7-9-11-50(42,43)44/h12,17-18,39-40H,7-11H2,1-6H3,(H,42,43,44). The normalized spacial score (nSPS) is 15.8. The summed E-state index contributed by atoms with van der Waals surface area (Å²) in [6.07, 6.45) is 1.09. The second kappa shape index (κ2) is 12.6. The number of benzene rings is 5. The number of methoxy groups -OCH3 is 4. The number of Topliss-reactive ketones (excluding diaryl/α,β-unsaturated/α-hetero) is 2. The summed E-state index contributed by atoms with van der Waals surface area (Å²) in [6, 6.07) is 1.18. The minimum absolute atomic E-state index is 0.0595. The average Bonchev–Trinajstić information content (AvgIpc) is 3.05. The number of unbranched alkanes of at least 4 members (excludes halogenated alkanes) is 2. The van der Waals surface area contributed by atoms with Crippen LogP contribution in [0.25, 0.3) is 43.1 Å². The molecule has 5 aromatic rings. The first-order valence-corrected chi connectivity index (χ1v) is 18.2. The first-order valence-electron chi connectivity index (χ1n) is 15.6. The summed E-state index contributed by atoms with van der Waals surface area (Å²) in [7, 11) is 1.11. The van der Waals surface area contributed by atoms with Gasteiger partial charge >= 0.3 is 0 Å². The molecular formula is C35H34O13S2. The topological polar surface area (TPSA) is 200 Å². The molecule has 0 saturated carbocycles. The summed E-state index contributed by atoms with van der Waals surface area (Å²) in [5, 5.41) is 24.7. The molecule has 0 fully saturated rings. The Morgan fingerprint density at radius 1 is 0.700 bits per heavy atom. The van der Waals surface area contributed by atoms with Crippen molar-refractivity contribution in [3.63, 3.8) is 0 Å². The second-order valence-electron chi connectivity index (χ2n) is 12.2. The number of carbonyl (C=O) groups excluding carboxylic acids is 2. The van der Waals surface area contributed by atoms with Gasteiger partial charge in [-0.05, 0) is 43.2 Å². The Labute approximate surface area is 289 Å². The van der Waals surface area contributed by atoms with Crippen LogP contribution in [0.4, 0.5) is 0 Å². The quantitative estimate of drug-likeness (QED) is 0.0489. The van der Waals surface area contributed by atoms with Crippen LogP contribution in [0.3, 0.4) is 0 Å². The molecule has 13 nitrogen and oxygen atoms in total. The van der Waals surface area contributed by atoms with E-state index in [0.717, 1.165) is 11.8 Å². The molecular weight excluding hydrogens is 693 g/mol. The van der Waals surface area contributed by atoms with E-state index in [0.29, 0.717) is 18.6 Å². The molecule has 1 aliphatic rings. The van der Waals surface area contributed by atoms with Crippen molar-refractivity contribution in [1.29, 1.82) is 0 Å². The van der Waals surface area contributed by atoms with E-state index in [1.165, 1.54) is 48.4 Å². The molecule has 2 unspecified atom stereocenters. The summed E-state index contributed by atoms with van der Waals surface area (Å²) in [6.45, 7) is 2.58. The summed E-state index contributed by atoms with van der Waals surface area (Å²) in [5.41, 5.74) is -0.976. The highest BCUT2D eigenvalue weighted by Crippen LogP contribution is 2.62. The fourth-order valence-electron chi connectivity index (χ4n) is 7.70. The maximum absolute atomic E-state index is 14.5. The summed E-state index contributed by atoms with van der Waals surface area (Å²) in [4.78, 5) is 55.6. The van der Waals surface area contributed by atoms with Crippen LogP contribution < -0.4 is 29.8 Å². The lowest BCUT2D eigenvalue weighted by Crippen LogP contribution is -2.28. The van der Waals surface area contributed by atoms with E-state index in [1.54, 1.807) is 0 Å². The van der Waals surface area contributed by atoms with Crippen LogP contribution in [0.15, 0.2) is 20.6 Å². The number of hydrogen-bond acceptors (Lipinski definition) is 13. The third kappa shape index (κ3) is 4.96.